The molecule has 0 bridgehead atoms. The van der Waals surface area contributed by atoms with Crippen molar-refractivity contribution in [3.63, 3.8) is 0 Å². The van der Waals surface area contributed by atoms with Crippen LogP contribution in [0.25, 0.3) is 0 Å². The number of thiophene rings is 1. The van der Waals surface area contributed by atoms with Crippen molar-refractivity contribution in [3.8, 4) is 0 Å². The minimum Gasteiger partial charge on any atom is -0.336 e. The largest absolute Gasteiger partial charge is 0.336 e. The van der Waals surface area contributed by atoms with Crippen LogP contribution in [0.1, 0.15) is 28.1 Å². The van der Waals surface area contributed by atoms with Gasteiger partial charge in [0.2, 0.25) is 0 Å². The highest BCUT2D eigenvalue weighted by Crippen LogP contribution is 2.22. The van der Waals surface area contributed by atoms with Crippen molar-refractivity contribution in [2.75, 3.05) is 46.8 Å². The van der Waals surface area contributed by atoms with Crippen LogP contribution in [0.15, 0.2) is 41.8 Å². The van der Waals surface area contributed by atoms with Crippen LogP contribution in [0.2, 0.25) is 0 Å². The average Bonchev–Trinajstić information content (AvgIpc) is 3.21. The highest BCUT2D eigenvalue weighted by molar-refractivity contribution is 7.12. The van der Waals surface area contributed by atoms with Crippen LogP contribution < -0.4 is 0 Å². The lowest BCUT2D eigenvalue weighted by Crippen LogP contribution is -2.44. The molecule has 0 spiro atoms. The maximum absolute atomic E-state index is 14.0. The van der Waals surface area contributed by atoms with Gasteiger partial charge in [0.15, 0.2) is 0 Å². The highest BCUT2D eigenvalue weighted by Gasteiger charge is 2.25. The van der Waals surface area contributed by atoms with Crippen LogP contribution in [0.3, 0.4) is 0 Å². The summed E-state index contributed by atoms with van der Waals surface area (Å²) in [6, 6.07) is 10.8. The van der Waals surface area contributed by atoms with E-state index in [0.717, 1.165) is 56.0 Å². The molecule has 3 rings (SSSR count). The second kappa shape index (κ2) is 10.1. The summed E-state index contributed by atoms with van der Waals surface area (Å²) in [5.74, 6) is 0.416. The number of likely N-dealkylation sites (N-methyl/N-ethyl adjacent to an activating group) is 1. The predicted molar refractivity (Wildman–Crippen MR) is 113 cm³/mol. The number of carbonyl (C=O) groups excluding carboxylic acids is 1. The summed E-state index contributed by atoms with van der Waals surface area (Å²) in [7, 11) is 4.06. The number of carbonyl (C=O) groups is 1. The molecular formula is C22H30FN3OS. The summed E-state index contributed by atoms with van der Waals surface area (Å²) in [5, 5.41) is 1.95. The molecular weight excluding hydrogens is 373 g/mol. The topological polar surface area (TPSA) is 26.8 Å². The molecule has 0 saturated carbocycles. The Morgan fingerprint density at radius 1 is 1.21 bits per heavy atom. The van der Waals surface area contributed by atoms with Gasteiger partial charge in [0, 0.05) is 38.3 Å². The monoisotopic (exact) mass is 403 g/mol. The Morgan fingerprint density at radius 2 is 2.04 bits per heavy atom. The van der Waals surface area contributed by atoms with Crippen molar-refractivity contribution in [1.29, 1.82) is 0 Å². The molecule has 28 heavy (non-hydrogen) atoms. The van der Waals surface area contributed by atoms with Crippen molar-refractivity contribution in [2.45, 2.75) is 19.4 Å². The standard InChI is InChI=1S/C22H30FN3OS/c1-24(2)12-13-26(22(27)21-10-6-14-28-21)16-18-7-5-11-25(15-18)17-19-8-3-4-9-20(19)23/h3-4,6,8-10,14,18H,5,7,11-13,15-17H2,1-2H3/t18-/m0/s1. The number of nitrogens with zero attached hydrogens (tertiary/aromatic N) is 3. The van der Waals surface area contributed by atoms with Crippen molar-refractivity contribution in [2.24, 2.45) is 5.92 Å². The number of likely N-dealkylation sites (tertiary alicyclic amines) is 1. The van der Waals surface area contributed by atoms with E-state index in [9.17, 15) is 9.18 Å². The van der Waals surface area contributed by atoms with E-state index in [2.05, 4.69) is 9.80 Å². The number of hydrogen-bond donors (Lipinski definition) is 0. The first-order valence-electron chi connectivity index (χ1n) is 9.96. The summed E-state index contributed by atoms with van der Waals surface area (Å²) < 4.78 is 14.0. The highest BCUT2D eigenvalue weighted by atomic mass is 32.1. The number of benzene rings is 1. The van der Waals surface area contributed by atoms with Crippen LogP contribution >= 0.6 is 11.3 Å². The summed E-state index contributed by atoms with van der Waals surface area (Å²) >= 11 is 1.50. The van der Waals surface area contributed by atoms with Crippen LogP contribution in [0, 0.1) is 11.7 Å². The van der Waals surface area contributed by atoms with E-state index in [0.29, 0.717) is 12.5 Å². The van der Waals surface area contributed by atoms with Gasteiger partial charge in [0.25, 0.3) is 5.91 Å². The third kappa shape index (κ3) is 5.87. The molecule has 2 heterocycles. The van der Waals surface area contributed by atoms with Crippen LogP contribution in [-0.2, 0) is 6.54 Å². The first-order valence-corrected chi connectivity index (χ1v) is 10.8. The number of halogens is 1. The summed E-state index contributed by atoms with van der Waals surface area (Å²) in [6.45, 7) is 4.88. The van der Waals surface area contributed by atoms with E-state index >= 15 is 0 Å². The molecule has 4 nitrogen and oxygen atoms in total. The Hall–Kier alpha value is -1.76. The van der Waals surface area contributed by atoms with E-state index in [4.69, 9.17) is 0 Å². The lowest BCUT2D eigenvalue weighted by molar-refractivity contribution is 0.0664. The molecule has 6 heteroatoms. The Bertz CT molecular complexity index is 750. The van der Waals surface area contributed by atoms with Crippen molar-refractivity contribution >= 4 is 17.2 Å². The second-order valence-electron chi connectivity index (χ2n) is 7.87. The molecule has 1 amide bonds. The van der Waals surface area contributed by atoms with E-state index < -0.39 is 0 Å². The molecule has 0 N–H and O–H groups in total. The molecule has 1 aliphatic rings. The number of rotatable bonds is 8. The third-order valence-corrected chi connectivity index (χ3v) is 6.13. The minimum atomic E-state index is -0.134. The SMILES string of the molecule is CN(C)CCN(C[C@H]1CCCN(Cc2ccccc2F)C1)C(=O)c1cccs1. The second-order valence-corrected chi connectivity index (χ2v) is 8.81. The van der Waals surface area contributed by atoms with Gasteiger partial charge in [-0.1, -0.05) is 24.3 Å². The lowest BCUT2D eigenvalue weighted by Gasteiger charge is -2.36. The zero-order chi connectivity index (χ0) is 19.9. The zero-order valence-corrected chi connectivity index (χ0v) is 17.6. The Balaban J connectivity index is 1.62. The summed E-state index contributed by atoms with van der Waals surface area (Å²) in [4.78, 5) is 20.2. The fourth-order valence-corrected chi connectivity index (χ4v) is 4.47. The van der Waals surface area contributed by atoms with Gasteiger partial charge in [0.05, 0.1) is 4.88 Å². The fourth-order valence-electron chi connectivity index (χ4n) is 3.78. The zero-order valence-electron chi connectivity index (χ0n) is 16.8. The van der Waals surface area contributed by atoms with E-state index in [1.165, 1.54) is 17.4 Å². The van der Waals surface area contributed by atoms with Gasteiger partial charge < -0.3 is 9.80 Å². The van der Waals surface area contributed by atoms with Gasteiger partial charge in [0.1, 0.15) is 5.82 Å². The molecule has 1 fully saturated rings. The Morgan fingerprint density at radius 3 is 2.75 bits per heavy atom. The van der Waals surface area contributed by atoms with E-state index in [1.54, 1.807) is 6.07 Å². The van der Waals surface area contributed by atoms with E-state index in [1.807, 2.05) is 48.6 Å². The maximum Gasteiger partial charge on any atom is 0.263 e. The van der Waals surface area contributed by atoms with Crippen LogP contribution in [-0.4, -0.2) is 67.4 Å². The molecule has 1 aliphatic heterocycles. The number of hydrogen-bond acceptors (Lipinski definition) is 4. The molecule has 0 aliphatic carbocycles. The van der Waals surface area contributed by atoms with Gasteiger partial charge in [-0.2, -0.15) is 0 Å². The minimum absolute atomic E-state index is 0.128. The Labute approximate surface area is 171 Å². The number of piperidine rings is 1. The predicted octanol–water partition coefficient (Wildman–Crippen LogP) is 3.80. The van der Waals surface area contributed by atoms with Crippen molar-refractivity contribution in [3.05, 3.63) is 58.0 Å². The third-order valence-electron chi connectivity index (χ3n) is 5.27. The van der Waals surface area contributed by atoms with Gasteiger partial charge in [-0.05, 0) is 56.9 Å². The van der Waals surface area contributed by atoms with Crippen LogP contribution in [0.5, 0.6) is 0 Å². The molecule has 1 saturated heterocycles. The summed E-state index contributed by atoms with van der Waals surface area (Å²) in [5.41, 5.74) is 0.752. The van der Waals surface area contributed by atoms with Gasteiger partial charge in [-0.3, -0.25) is 9.69 Å². The lowest BCUT2D eigenvalue weighted by atomic mass is 9.96. The fraction of sp³-hybridized carbons (Fsp3) is 0.500. The molecule has 0 unspecified atom stereocenters. The first kappa shape index (κ1) is 21.0. The van der Waals surface area contributed by atoms with Gasteiger partial charge >= 0.3 is 0 Å². The molecule has 1 atom stereocenters. The molecule has 1 aromatic carbocycles. The van der Waals surface area contributed by atoms with Crippen LogP contribution in [0.4, 0.5) is 4.39 Å². The Kier molecular flexibility index (Phi) is 7.59. The van der Waals surface area contributed by atoms with E-state index in [-0.39, 0.29) is 11.7 Å². The molecule has 1 aromatic heterocycles. The summed E-state index contributed by atoms with van der Waals surface area (Å²) in [6.07, 6.45) is 2.21. The molecule has 0 radical (unpaired) electrons. The molecule has 2 aromatic rings. The quantitative estimate of drug-likeness (QED) is 0.671. The van der Waals surface area contributed by atoms with Crippen molar-refractivity contribution < 1.29 is 9.18 Å². The normalized spacial score (nSPS) is 17.8. The maximum atomic E-state index is 14.0. The average molecular weight is 404 g/mol. The number of amides is 1. The molecule has 152 valence electrons. The van der Waals surface area contributed by atoms with Gasteiger partial charge in [-0.15, -0.1) is 11.3 Å². The van der Waals surface area contributed by atoms with Gasteiger partial charge in [-0.25, -0.2) is 4.39 Å². The first-order chi connectivity index (χ1) is 13.5. The smallest absolute Gasteiger partial charge is 0.263 e. The van der Waals surface area contributed by atoms with Crippen molar-refractivity contribution in [1.82, 2.24) is 14.7 Å².